The second-order valence-electron chi connectivity index (χ2n) is 2.59. The lowest BCUT2D eigenvalue weighted by atomic mass is 10.1. The van der Waals surface area contributed by atoms with Crippen molar-refractivity contribution in [1.82, 2.24) is 0 Å². The predicted octanol–water partition coefficient (Wildman–Crippen LogP) is 0.151. The summed E-state index contributed by atoms with van der Waals surface area (Å²) in [4.78, 5) is 10.3. The summed E-state index contributed by atoms with van der Waals surface area (Å²) in [7, 11) is 0. The van der Waals surface area contributed by atoms with Crippen LogP contribution in [0.3, 0.4) is 0 Å². The first-order valence-corrected chi connectivity index (χ1v) is 3.77. The van der Waals surface area contributed by atoms with E-state index >= 15 is 0 Å². The van der Waals surface area contributed by atoms with E-state index in [0.717, 1.165) is 0 Å². The van der Waals surface area contributed by atoms with E-state index in [2.05, 4.69) is 0 Å². The molecular formula is C8H14O4. The maximum Gasteiger partial charge on any atom is 0.330 e. The monoisotopic (exact) mass is 174 g/mol. The first kappa shape index (κ1) is 11.1. The standard InChI is InChI=1S/C8H14O4/c1-6(8(11)12)2-3-7(10)4-5-9/h2,7,9-10H,3-5H2,1H3,(H,11,12)/b6-2+. The zero-order chi connectivity index (χ0) is 9.56. The molecule has 4 heteroatoms. The molecule has 0 spiro atoms. The third-order valence-electron chi connectivity index (χ3n) is 1.50. The zero-order valence-corrected chi connectivity index (χ0v) is 7.03. The van der Waals surface area contributed by atoms with Crippen LogP contribution in [0, 0.1) is 0 Å². The number of rotatable bonds is 5. The summed E-state index contributed by atoms with van der Waals surface area (Å²) < 4.78 is 0. The Morgan fingerprint density at radius 1 is 1.58 bits per heavy atom. The van der Waals surface area contributed by atoms with Crippen LogP contribution in [-0.4, -0.2) is 34.0 Å². The van der Waals surface area contributed by atoms with E-state index < -0.39 is 12.1 Å². The Morgan fingerprint density at radius 3 is 2.58 bits per heavy atom. The number of carboxylic acid groups (broad SMARTS) is 1. The Balaban J connectivity index is 3.79. The third-order valence-corrected chi connectivity index (χ3v) is 1.50. The van der Waals surface area contributed by atoms with Crippen LogP contribution in [-0.2, 0) is 4.79 Å². The second-order valence-corrected chi connectivity index (χ2v) is 2.59. The van der Waals surface area contributed by atoms with Gasteiger partial charge < -0.3 is 15.3 Å². The van der Waals surface area contributed by atoms with Crippen molar-refractivity contribution in [2.75, 3.05) is 6.61 Å². The molecule has 4 nitrogen and oxygen atoms in total. The Hall–Kier alpha value is -0.870. The molecule has 70 valence electrons. The summed E-state index contributed by atoms with van der Waals surface area (Å²) in [5.74, 6) is -0.980. The van der Waals surface area contributed by atoms with Crippen LogP contribution in [0.4, 0.5) is 0 Å². The highest BCUT2D eigenvalue weighted by Crippen LogP contribution is 2.02. The Labute approximate surface area is 71.1 Å². The average Bonchev–Trinajstić information content (AvgIpc) is 2.00. The summed E-state index contributed by atoms with van der Waals surface area (Å²) in [5.41, 5.74) is 0.215. The van der Waals surface area contributed by atoms with Gasteiger partial charge in [0.15, 0.2) is 0 Å². The number of carboxylic acids is 1. The van der Waals surface area contributed by atoms with E-state index in [1.807, 2.05) is 0 Å². The molecule has 0 heterocycles. The van der Waals surface area contributed by atoms with Crippen LogP contribution < -0.4 is 0 Å². The molecule has 3 N–H and O–H groups in total. The molecule has 0 saturated carbocycles. The van der Waals surface area contributed by atoms with Gasteiger partial charge in [0.2, 0.25) is 0 Å². The molecule has 0 aromatic heterocycles. The predicted molar refractivity (Wildman–Crippen MR) is 43.7 cm³/mol. The van der Waals surface area contributed by atoms with Gasteiger partial charge in [-0.1, -0.05) is 6.08 Å². The van der Waals surface area contributed by atoms with Crippen molar-refractivity contribution in [2.45, 2.75) is 25.9 Å². The molecule has 0 aromatic rings. The molecule has 0 bridgehead atoms. The van der Waals surface area contributed by atoms with Crippen LogP contribution >= 0.6 is 0 Å². The van der Waals surface area contributed by atoms with Crippen molar-refractivity contribution in [3.63, 3.8) is 0 Å². The van der Waals surface area contributed by atoms with Crippen molar-refractivity contribution >= 4 is 5.97 Å². The molecule has 1 atom stereocenters. The van der Waals surface area contributed by atoms with Gasteiger partial charge in [-0.25, -0.2) is 4.79 Å². The van der Waals surface area contributed by atoms with E-state index in [0.29, 0.717) is 0 Å². The van der Waals surface area contributed by atoms with Gasteiger partial charge in [-0.2, -0.15) is 0 Å². The van der Waals surface area contributed by atoms with Gasteiger partial charge in [-0.3, -0.25) is 0 Å². The lowest BCUT2D eigenvalue weighted by molar-refractivity contribution is -0.132. The van der Waals surface area contributed by atoms with E-state index in [-0.39, 0.29) is 25.0 Å². The summed E-state index contributed by atoms with van der Waals surface area (Å²) in [6, 6.07) is 0. The van der Waals surface area contributed by atoms with Crippen LogP contribution in [0.1, 0.15) is 19.8 Å². The van der Waals surface area contributed by atoms with Crippen molar-refractivity contribution in [1.29, 1.82) is 0 Å². The van der Waals surface area contributed by atoms with Crippen molar-refractivity contribution < 1.29 is 20.1 Å². The minimum atomic E-state index is -0.980. The van der Waals surface area contributed by atoms with E-state index in [1.54, 1.807) is 0 Å². The minimum absolute atomic E-state index is 0.0822. The molecule has 0 amide bonds. The molecule has 0 aliphatic rings. The number of hydrogen-bond acceptors (Lipinski definition) is 3. The first-order chi connectivity index (χ1) is 5.57. The zero-order valence-electron chi connectivity index (χ0n) is 7.03. The van der Waals surface area contributed by atoms with Gasteiger partial charge in [0.25, 0.3) is 0 Å². The highest BCUT2D eigenvalue weighted by Gasteiger charge is 2.03. The third kappa shape index (κ3) is 4.87. The van der Waals surface area contributed by atoms with Gasteiger partial charge in [-0.05, 0) is 19.8 Å². The van der Waals surface area contributed by atoms with Crippen LogP contribution in [0.5, 0.6) is 0 Å². The van der Waals surface area contributed by atoms with E-state index in [4.69, 9.17) is 15.3 Å². The topological polar surface area (TPSA) is 77.8 Å². The van der Waals surface area contributed by atoms with Gasteiger partial charge in [0.1, 0.15) is 0 Å². The Bertz CT molecular complexity index is 174. The smallest absolute Gasteiger partial charge is 0.330 e. The molecular weight excluding hydrogens is 160 g/mol. The van der Waals surface area contributed by atoms with Gasteiger partial charge in [-0.15, -0.1) is 0 Å². The van der Waals surface area contributed by atoms with Gasteiger partial charge in [0.05, 0.1) is 6.10 Å². The molecule has 12 heavy (non-hydrogen) atoms. The van der Waals surface area contributed by atoms with Crippen LogP contribution in [0.15, 0.2) is 11.6 Å². The number of aliphatic carboxylic acids is 1. The van der Waals surface area contributed by atoms with E-state index in [9.17, 15) is 4.79 Å². The number of aliphatic hydroxyl groups is 2. The number of aliphatic hydroxyl groups excluding tert-OH is 2. The van der Waals surface area contributed by atoms with Crippen LogP contribution in [0.2, 0.25) is 0 Å². The Morgan fingerprint density at radius 2 is 2.17 bits per heavy atom. The molecule has 0 aromatic carbocycles. The van der Waals surface area contributed by atoms with Crippen molar-refractivity contribution in [3.05, 3.63) is 11.6 Å². The van der Waals surface area contributed by atoms with Crippen molar-refractivity contribution in [2.24, 2.45) is 0 Å². The fourth-order valence-electron chi connectivity index (χ4n) is 0.667. The normalized spacial score (nSPS) is 14.4. The van der Waals surface area contributed by atoms with E-state index in [1.165, 1.54) is 13.0 Å². The summed E-state index contributed by atoms with van der Waals surface area (Å²) >= 11 is 0. The van der Waals surface area contributed by atoms with Gasteiger partial charge >= 0.3 is 5.97 Å². The molecule has 0 radical (unpaired) electrons. The van der Waals surface area contributed by atoms with Crippen LogP contribution in [0.25, 0.3) is 0 Å². The molecule has 0 aliphatic heterocycles. The molecule has 0 aliphatic carbocycles. The Kier molecular flexibility index (Phi) is 5.32. The number of hydrogen-bond donors (Lipinski definition) is 3. The quantitative estimate of drug-likeness (QED) is 0.518. The molecule has 1 unspecified atom stereocenters. The lowest BCUT2D eigenvalue weighted by Crippen LogP contribution is -2.08. The molecule has 0 saturated heterocycles. The lowest BCUT2D eigenvalue weighted by Gasteiger charge is -2.04. The summed E-state index contributed by atoms with van der Waals surface area (Å²) in [6.07, 6.45) is 1.36. The molecule has 0 fully saturated rings. The average molecular weight is 174 g/mol. The second kappa shape index (κ2) is 5.74. The first-order valence-electron chi connectivity index (χ1n) is 3.77. The molecule has 0 rings (SSSR count). The largest absolute Gasteiger partial charge is 0.478 e. The number of carbonyl (C=O) groups is 1. The fourth-order valence-corrected chi connectivity index (χ4v) is 0.667. The minimum Gasteiger partial charge on any atom is -0.478 e. The highest BCUT2D eigenvalue weighted by atomic mass is 16.4. The maximum absolute atomic E-state index is 10.3. The van der Waals surface area contributed by atoms with Crippen molar-refractivity contribution in [3.8, 4) is 0 Å². The fraction of sp³-hybridized carbons (Fsp3) is 0.625. The van der Waals surface area contributed by atoms with Gasteiger partial charge in [0, 0.05) is 12.2 Å². The maximum atomic E-state index is 10.3. The highest BCUT2D eigenvalue weighted by molar-refractivity contribution is 5.85. The summed E-state index contributed by atoms with van der Waals surface area (Å²) in [5, 5.41) is 25.9. The SMILES string of the molecule is C/C(=C\CC(O)CCO)C(=O)O. The summed E-state index contributed by atoms with van der Waals surface area (Å²) in [6.45, 7) is 1.38.